The van der Waals surface area contributed by atoms with Gasteiger partial charge in [0.05, 0.1) is 0 Å². The van der Waals surface area contributed by atoms with Crippen LogP contribution in [0.1, 0.15) is 22.0 Å². The van der Waals surface area contributed by atoms with Crippen LogP contribution in [0.4, 0.5) is 0 Å². The molecule has 1 saturated heterocycles. The lowest BCUT2D eigenvalue weighted by molar-refractivity contribution is -0.128. The molecular formula is C19H17N3O2. The number of nitrogens with one attached hydrogen (secondary N) is 2. The Morgan fingerprint density at radius 1 is 1.08 bits per heavy atom. The number of hydrogen-bond donors (Lipinski definition) is 2. The molecule has 4 rings (SSSR count). The normalized spacial score (nSPS) is 17.8. The third-order valence-corrected chi connectivity index (χ3v) is 4.39. The quantitative estimate of drug-likeness (QED) is 0.762. The van der Waals surface area contributed by atoms with Crippen molar-refractivity contribution in [2.24, 2.45) is 0 Å². The Bertz CT molecular complexity index is 901. The van der Waals surface area contributed by atoms with Gasteiger partial charge in [0, 0.05) is 35.8 Å². The highest BCUT2D eigenvalue weighted by Gasteiger charge is 2.34. The van der Waals surface area contributed by atoms with Crippen LogP contribution in [-0.2, 0) is 4.79 Å². The number of aromatic amines is 1. The number of aromatic nitrogens is 1. The minimum Gasteiger partial charge on any atom is -0.361 e. The summed E-state index contributed by atoms with van der Waals surface area (Å²) in [4.78, 5) is 30.2. The molecule has 2 N–H and O–H groups in total. The highest BCUT2D eigenvalue weighted by molar-refractivity contribution is 6.01. The van der Waals surface area contributed by atoms with Gasteiger partial charge >= 0.3 is 0 Å². The standard InChI is InChI=1S/C19H17N3O2/c23-18-17(13-4-2-1-3-5-13)22(11-10-21-18)19(24)15-6-7-16-14(12-15)8-9-20-16/h1-9,12,17,20H,10-11H2,(H,21,23)/t17-/m1/s1. The number of benzene rings is 2. The van der Waals surface area contributed by atoms with Crippen LogP contribution in [0.2, 0.25) is 0 Å². The van der Waals surface area contributed by atoms with E-state index >= 15 is 0 Å². The maximum absolute atomic E-state index is 13.0. The summed E-state index contributed by atoms with van der Waals surface area (Å²) in [5.74, 6) is -0.259. The molecule has 2 heterocycles. The Hall–Kier alpha value is -3.08. The molecule has 1 atom stereocenters. The van der Waals surface area contributed by atoms with Crippen LogP contribution >= 0.6 is 0 Å². The van der Waals surface area contributed by atoms with Gasteiger partial charge in [-0.3, -0.25) is 9.59 Å². The van der Waals surface area contributed by atoms with E-state index in [0.717, 1.165) is 16.5 Å². The fourth-order valence-corrected chi connectivity index (χ4v) is 3.20. The number of rotatable bonds is 2. The number of hydrogen-bond acceptors (Lipinski definition) is 2. The van der Waals surface area contributed by atoms with Gasteiger partial charge in [-0.15, -0.1) is 0 Å². The first kappa shape index (κ1) is 14.5. The van der Waals surface area contributed by atoms with Crippen molar-refractivity contribution in [3.63, 3.8) is 0 Å². The van der Waals surface area contributed by atoms with E-state index in [-0.39, 0.29) is 11.8 Å². The zero-order valence-electron chi connectivity index (χ0n) is 13.0. The molecule has 5 nitrogen and oxygen atoms in total. The molecule has 0 unspecified atom stereocenters. The molecule has 1 fully saturated rings. The topological polar surface area (TPSA) is 65.2 Å². The van der Waals surface area contributed by atoms with Gasteiger partial charge in [-0.25, -0.2) is 0 Å². The predicted octanol–water partition coefficient (Wildman–Crippen LogP) is 2.48. The van der Waals surface area contributed by atoms with Crippen LogP contribution in [-0.4, -0.2) is 34.8 Å². The SMILES string of the molecule is O=C1NCCN(C(=O)c2ccc3[nH]ccc3c2)[C@@H]1c1ccccc1. The minimum absolute atomic E-state index is 0.123. The lowest BCUT2D eigenvalue weighted by Crippen LogP contribution is -2.52. The fraction of sp³-hybridized carbons (Fsp3) is 0.158. The van der Waals surface area contributed by atoms with Crippen molar-refractivity contribution >= 4 is 22.7 Å². The average molecular weight is 319 g/mol. The maximum Gasteiger partial charge on any atom is 0.254 e. The van der Waals surface area contributed by atoms with Crippen molar-refractivity contribution in [3.05, 3.63) is 71.9 Å². The summed E-state index contributed by atoms with van der Waals surface area (Å²) in [6, 6.07) is 16.3. The number of amides is 2. The van der Waals surface area contributed by atoms with E-state index in [0.29, 0.717) is 18.7 Å². The van der Waals surface area contributed by atoms with Gasteiger partial charge in [-0.2, -0.15) is 0 Å². The van der Waals surface area contributed by atoms with Crippen LogP contribution in [0, 0.1) is 0 Å². The van der Waals surface area contributed by atoms with Crippen molar-refractivity contribution < 1.29 is 9.59 Å². The summed E-state index contributed by atoms with van der Waals surface area (Å²) < 4.78 is 0. The number of fused-ring (bicyclic) bond motifs is 1. The van der Waals surface area contributed by atoms with E-state index in [1.54, 1.807) is 11.0 Å². The van der Waals surface area contributed by atoms with Gasteiger partial charge in [-0.1, -0.05) is 30.3 Å². The van der Waals surface area contributed by atoms with Crippen molar-refractivity contribution in [1.82, 2.24) is 15.2 Å². The van der Waals surface area contributed by atoms with Crippen LogP contribution in [0.15, 0.2) is 60.8 Å². The Morgan fingerprint density at radius 3 is 2.75 bits per heavy atom. The van der Waals surface area contributed by atoms with E-state index in [4.69, 9.17) is 0 Å². The molecule has 120 valence electrons. The Morgan fingerprint density at radius 2 is 1.92 bits per heavy atom. The van der Waals surface area contributed by atoms with E-state index in [1.807, 2.05) is 54.7 Å². The van der Waals surface area contributed by atoms with Gasteiger partial charge in [0.2, 0.25) is 5.91 Å². The molecule has 2 amide bonds. The van der Waals surface area contributed by atoms with Crippen molar-refractivity contribution in [1.29, 1.82) is 0 Å². The largest absolute Gasteiger partial charge is 0.361 e. The molecule has 2 aromatic carbocycles. The number of carbonyl (C=O) groups is 2. The first-order valence-electron chi connectivity index (χ1n) is 7.95. The highest BCUT2D eigenvalue weighted by Crippen LogP contribution is 2.26. The zero-order valence-corrected chi connectivity index (χ0v) is 13.0. The van der Waals surface area contributed by atoms with Gasteiger partial charge in [-0.05, 0) is 29.8 Å². The zero-order chi connectivity index (χ0) is 16.5. The molecule has 1 aliphatic heterocycles. The van der Waals surface area contributed by atoms with E-state index < -0.39 is 6.04 Å². The van der Waals surface area contributed by atoms with E-state index in [1.165, 1.54) is 0 Å². The first-order chi connectivity index (χ1) is 11.7. The second-order valence-corrected chi connectivity index (χ2v) is 5.88. The summed E-state index contributed by atoms with van der Waals surface area (Å²) >= 11 is 0. The lowest BCUT2D eigenvalue weighted by atomic mass is 10.0. The monoisotopic (exact) mass is 319 g/mol. The summed E-state index contributed by atoms with van der Waals surface area (Å²) in [6.45, 7) is 0.968. The van der Waals surface area contributed by atoms with Crippen molar-refractivity contribution in [2.45, 2.75) is 6.04 Å². The third-order valence-electron chi connectivity index (χ3n) is 4.39. The molecule has 0 aliphatic carbocycles. The Labute approximate surface area is 139 Å². The van der Waals surface area contributed by atoms with Crippen LogP contribution < -0.4 is 5.32 Å². The summed E-state index contributed by atoms with van der Waals surface area (Å²) in [5, 5.41) is 3.84. The van der Waals surface area contributed by atoms with Crippen LogP contribution in [0.5, 0.6) is 0 Å². The average Bonchev–Trinajstić information content (AvgIpc) is 3.09. The van der Waals surface area contributed by atoms with Gasteiger partial charge < -0.3 is 15.2 Å². The Kier molecular flexibility index (Phi) is 3.54. The molecule has 1 aromatic heterocycles. The van der Waals surface area contributed by atoms with Crippen LogP contribution in [0.25, 0.3) is 10.9 Å². The molecule has 24 heavy (non-hydrogen) atoms. The van der Waals surface area contributed by atoms with Crippen LogP contribution in [0.3, 0.4) is 0 Å². The second kappa shape index (κ2) is 5.85. The maximum atomic E-state index is 13.0. The van der Waals surface area contributed by atoms with Crippen molar-refractivity contribution in [2.75, 3.05) is 13.1 Å². The molecule has 5 heteroatoms. The minimum atomic E-state index is -0.589. The van der Waals surface area contributed by atoms with E-state index in [9.17, 15) is 9.59 Å². The highest BCUT2D eigenvalue weighted by atomic mass is 16.2. The number of H-pyrrole nitrogens is 1. The predicted molar refractivity (Wildman–Crippen MR) is 91.5 cm³/mol. The lowest BCUT2D eigenvalue weighted by Gasteiger charge is -2.35. The summed E-state index contributed by atoms with van der Waals surface area (Å²) in [6.07, 6.45) is 1.85. The smallest absolute Gasteiger partial charge is 0.254 e. The number of carbonyl (C=O) groups excluding carboxylic acids is 2. The summed E-state index contributed by atoms with van der Waals surface area (Å²) in [5.41, 5.74) is 2.41. The molecule has 0 saturated carbocycles. The molecule has 3 aromatic rings. The summed E-state index contributed by atoms with van der Waals surface area (Å²) in [7, 11) is 0. The Balaban J connectivity index is 1.71. The third kappa shape index (κ3) is 2.44. The van der Waals surface area contributed by atoms with Crippen molar-refractivity contribution in [3.8, 4) is 0 Å². The molecule has 1 aliphatic rings. The second-order valence-electron chi connectivity index (χ2n) is 5.88. The molecular weight excluding hydrogens is 302 g/mol. The van der Waals surface area contributed by atoms with E-state index in [2.05, 4.69) is 10.3 Å². The fourth-order valence-electron chi connectivity index (χ4n) is 3.20. The van der Waals surface area contributed by atoms with Gasteiger partial charge in [0.25, 0.3) is 5.91 Å². The van der Waals surface area contributed by atoms with Gasteiger partial charge in [0.15, 0.2) is 0 Å². The molecule has 0 bridgehead atoms. The number of nitrogens with zero attached hydrogens (tertiary/aromatic N) is 1. The number of piperazine rings is 1. The molecule has 0 spiro atoms. The molecule has 0 radical (unpaired) electrons. The first-order valence-corrected chi connectivity index (χ1v) is 7.95. The van der Waals surface area contributed by atoms with Gasteiger partial charge in [0.1, 0.15) is 6.04 Å².